The monoisotopic (exact) mass is 383 g/mol. The predicted octanol–water partition coefficient (Wildman–Crippen LogP) is 3.88. The SMILES string of the molecule is Cc1cc(NC(=S)N[C@H](C)COc2ccccc2)ccc1N1CCCC1=O. The van der Waals surface area contributed by atoms with E-state index in [0.717, 1.165) is 35.7 Å². The number of ether oxygens (including phenoxy) is 1. The number of anilines is 2. The normalized spacial score (nSPS) is 14.7. The van der Waals surface area contributed by atoms with E-state index in [2.05, 4.69) is 10.6 Å². The first-order valence-corrected chi connectivity index (χ1v) is 9.60. The third kappa shape index (κ3) is 5.20. The van der Waals surface area contributed by atoms with Crippen LogP contribution >= 0.6 is 12.2 Å². The molecule has 3 rings (SSSR count). The number of benzene rings is 2. The quantitative estimate of drug-likeness (QED) is 0.742. The van der Waals surface area contributed by atoms with Gasteiger partial charge in [0, 0.05) is 24.3 Å². The Bertz CT molecular complexity index is 810. The molecule has 5 nitrogen and oxygen atoms in total. The van der Waals surface area contributed by atoms with Gasteiger partial charge in [0.2, 0.25) is 5.91 Å². The lowest BCUT2D eigenvalue weighted by molar-refractivity contribution is -0.117. The van der Waals surface area contributed by atoms with E-state index >= 15 is 0 Å². The minimum atomic E-state index is 0.0628. The number of hydrogen-bond donors (Lipinski definition) is 2. The van der Waals surface area contributed by atoms with Gasteiger partial charge >= 0.3 is 0 Å². The van der Waals surface area contributed by atoms with Crippen LogP contribution in [0.5, 0.6) is 5.75 Å². The molecule has 2 aromatic rings. The van der Waals surface area contributed by atoms with Crippen LogP contribution in [0, 0.1) is 6.92 Å². The number of aryl methyl sites for hydroxylation is 1. The number of rotatable bonds is 6. The van der Waals surface area contributed by atoms with Crippen LogP contribution in [0.4, 0.5) is 11.4 Å². The molecule has 1 amide bonds. The summed E-state index contributed by atoms with van der Waals surface area (Å²) in [6.07, 6.45) is 1.56. The summed E-state index contributed by atoms with van der Waals surface area (Å²) >= 11 is 5.40. The molecule has 1 heterocycles. The minimum Gasteiger partial charge on any atom is -0.491 e. The highest BCUT2D eigenvalue weighted by Gasteiger charge is 2.22. The van der Waals surface area contributed by atoms with Gasteiger partial charge in [-0.05, 0) is 68.4 Å². The number of nitrogens with zero attached hydrogens (tertiary/aromatic N) is 1. The molecule has 1 aliphatic rings. The van der Waals surface area contributed by atoms with E-state index in [1.165, 1.54) is 0 Å². The fraction of sp³-hybridized carbons (Fsp3) is 0.333. The third-order valence-corrected chi connectivity index (χ3v) is 4.66. The molecule has 2 N–H and O–H groups in total. The Balaban J connectivity index is 1.51. The van der Waals surface area contributed by atoms with Crippen LogP contribution in [0.15, 0.2) is 48.5 Å². The number of thiocarbonyl (C=S) groups is 1. The fourth-order valence-corrected chi connectivity index (χ4v) is 3.43. The Morgan fingerprint density at radius 3 is 2.70 bits per heavy atom. The van der Waals surface area contributed by atoms with E-state index < -0.39 is 0 Å². The number of nitrogens with one attached hydrogen (secondary N) is 2. The first kappa shape index (κ1) is 19.2. The molecule has 2 aromatic carbocycles. The molecule has 0 aromatic heterocycles. The Morgan fingerprint density at radius 2 is 2.04 bits per heavy atom. The van der Waals surface area contributed by atoms with E-state index in [1.54, 1.807) is 0 Å². The molecule has 6 heteroatoms. The van der Waals surface area contributed by atoms with Crippen molar-refractivity contribution >= 4 is 34.6 Å². The van der Waals surface area contributed by atoms with Crippen molar-refractivity contribution in [2.75, 3.05) is 23.4 Å². The lowest BCUT2D eigenvalue weighted by Gasteiger charge is -2.20. The largest absolute Gasteiger partial charge is 0.491 e. The number of carbonyl (C=O) groups is 1. The second-order valence-electron chi connectivity index (χ2n) is 6.77. The van der Waals surface area contributed by atoms with E-state index in [4.69, 9.17) is 17.0 Å². The highest BCUT2D eigenvalue weighted by molar-refractivity contribution is 7.80. The van der Waals surface area contributed by atoms with Crippen LogP contribution in [0.25, 0.3) is 0 Å². The van der Waals surface area contributed by atoms with E-state index in [0.29, 0.717) is 18.1 Å². The maximum atomic E-state index is 11.9. The smallest absolute Gasteiger partial charge is 0.227 e. The Kier molecular flexibility index (Phi) is 6.29. The van der Waals surface area contributed by atoms with Crippen molar-refractivity contribution in [1.29, 1.82) is 0 Å². The third-order valence-electron chi connectivity index (χ3n) is 4.44. The standard InChI is InChI=1S/C21H25N3O2S/c1-15-13-17(10-11-19(15)24-12-6-9-20(24)25)23-21(27)22-16(2)14-26-18-7-4-3-5-8-18/h3-5,7-8,10-11,13,16H,6,9,12,14H2,1-2H3,(H2,22,23,27)/t16-/m1/s1. The molecule has 0 radical (unpaired) electrons. The molecule has 0 unspecified atom stereocenters. The Morgan fingerprint density at radius 1 is 1.26 bits per heavy atom. The van der Waals surface area contributed by atoms with Gasteiger partial charge < -0.3 is 20.3 Å². The molecule has 1 saturated heterocycles. The van der Waals surface area contributed by atoms with Crippen LogP contribution in [0.2, 0.25) is 0 Å². The van der Waals surface area contributed by atoms with Crippen LogP contribution in [0.3, 0.4) is 0 Å². The van der Waals surface area contributed by atoms with Crippen molar-refractivity contribution in [2.24, 2.45) is 0 Å². The summed E-state index contributed by atoms with van der Waals surface area (Å²) in [7, 11) is 0. The van der Waals surface area contributed by atoms with Crippen molar-refractivity contribution < 1.29 is 9.53 Å². The first-order chi connectivity index (χ1) is 13.0. The second kappa shape index (κ2) is 8.86. The van der Waals surface area contributed by atoms with E-state index in [9.17, 15) is 4.79 Å². The van der Waals surface area contributed by atoms with Crippen LogP contribution in [0.1, 0.15) is 25.3 Å². The molecule has 0 aliphatic carbocycles. The van der Waals surface area contributed by atoms with E-state index in [-0.39, 0.29) is 11.9 Å². The maximum absolute atomic E-state index is 11.9. The summed E-state index contributed by atoms with van der Waals surface area (Å²) in [5, 5.41) is 6.97. The molecular weight excluding hydrogens is 358 g/mol. The van der Waals surface area contributed by atoms with Crippen molar-refractivity contribution in [3.05, 3.63) is 54.1 Å². The van der Waals surface area contributed by atoms with Gasteiger partial charge in [-0.25, -0.2) is 0 Å². The summed E-state index contributed by atoms with van der Waals surface area (Å²) in [6.45, 7) is 5.34. The average Bonchev–Trinajstić information content (AvgIpc) is 3.06. The van der Waals surface area contributed by atoms with Crippen molar-refractivity contribution in [3.63, 3.8) is 0 Å². The molecule has 1 aliphatic heterocycles. The zero-order chi connectivity index (χ0) is 19.2. The van der Waals surface area contributed by atoms with Crippen molar-refractivity contribution in [2.45, 2.75) is 32.7 Å². The summed E-state index contributed by atoms with van der Waals surface area (Å²) in [5.41, 5.74) is 2.93. The summed E-state index contributed by atoms with van der Waals surface area (Å²) in [5.74, 6) is 1.04. The zero-order valence-electron chi connectivity index (χ0n) is 15.7. The number of carbonyl (C=O) groups excluding carboxylic acids is 1. The molecule has 1 atom stereocenters. The Labute approximate surface area is 165 Å². The van der Waals surface area contributed by atoms with Gasteiger partial charge in [0.1, 0.15) is 12.4 Å². The van der Waals surface area contributed by atoms with Gasteiger partial charge in [0.05, 0.1) is 6.04 Å². The van der Waals surface area contributed by atoms with Crippen molar-refractivity contribution in [1.82, 2.24) is 5.32 Å². The molecule has 0 saturated carbocycles. The highest BCUT2D eigenvalue weighted by atomic mass is 32.1. The zero-order valence-corrected chi connectivity index (χ0v) is 16.5. The Hall–Kier alpha value is -2.60. The molecular formula is C21H25N3O2S. The van der Waals surface area contributed by atoms with Gasteiger partial charge in [-0.2, -0.15) is 0 Å². The highest BCUT2D eigenvalue weighted by Crippen LogP contribution is 2.27. The maximum Gasteiger partial charge on any atom is 0.227 e. The second-order valence-corrected chi connectivity index (χ2v) is 7.18. The van der Waals surface area contributed by atoms with Gasteiger partial charge in [0.25, 0.3) is 0 Å². The fourth-order valence-electron chi connectivity index (χ4n) is 3.11. The van der Waals surface area contributed by atoms with Crippen LogP contribution < -0.4 is 20.3 Å². The summed E-state index contributed by atoms with van der Waals surface area (Å²) in [4.78, 5) is 13.8. The molecule has 1 fully saturated rings. The lowest BCUT2D eigenvalue weighted by Crippen LogP contribution is -2.39. The molecule has 0 spiro atoms. The number of para-hydroxylation sites is 1. The average molecular weight is 384 g/mol. The molecule has 142 valence electrons. The predicted molar refractivity (Wildman–Crippen MR) is 114 cm³/mol. The van der Waals surface area contributed by atoms with Crippen LogP contribution in [-0.2, 0) is 4.79 Å². The van der Waals surface area contributed by atoms with Gasteiger partial charge in [0.15, 0.2) is 5.11 Å². The lowest BCUT2D eigenvalue weighted by atomic mass is 10.1. The first-order valence-electron chi connectivity index (χ1n) is 9.19. The van der Waals surface area contributed by atoms with Gasteiger partial charge in [-0.1, -0.05) is 18.2 Å². The van der Waals surface area contributed by atoms with E-state index in [1.807, 2.05) is 67.3 Å². The summed E-state index contributed by atoms with van der Waals surface area (Å²) in [6, 6.07) is 15.7. The van der Waals surface area contributed by atoms with Gasteiger partial charge in [-0.15, -0.1) is 0 Å². The van der Waals surface area contributed by atoms with Crippen LogP contribution in [-0.4, -0.2) is 30.2 Å². The number of amides is 1. The minimum absolute atomic E-state index is 0.0628. The topological polar surface area (TPSA) is 53.6 Å². The van der Waals surface area contributed by atoms with Crippen molar-refractivity contribution in [3.8, 4) is 5.75 Å². The molecule has 0 bridgehead atoms. The summed E-state index contributed by atoms with van der Waals surface area (Å²) < 4.78 is 5.73. The molecule has 27 heavy (non-hydrogen) atoms. The van der Waals surface area contributed by atoms with Gasteiger partial charge in [-0.3, -0.25) is 4.79 Å². The number of hydrogen-bond acceptors (Lipinski definition) is 3.